The van der Waals surface area contributed by atoms with Crippen LogP contribution in [0.15, 0.2) is 76.5 Å². The minimum atomic E-state index is -0.195. The van der Waals surface area contributed by atoms with Gasteiger partial charge in [-0.05, 0) is 54.5 Å². The third-order valence-corrected chi connectivity index (χ3v) is 6.03. The van der Waals surface area contributed by atoms with Crippen LogP contribution in [0.1, 0.15) is 27.0 Å². The van der Waals surface area contributed by atoms with E-state index < -0.39 is 0 Å². The zero-order valence-electron chi connectivity index (χ0n) is 16.2. The molecule has 4 rings (SSSR count). The van der Waals surface area contributed by atoms with E-state index in [1.807, 2.05) is 55.5 Å². The summed E-state index contributed by atoms with van der Waals surface area (Å²) < 4.78 is 0. The Morgan fingerprint density at radius 1 is 1.07 bits per heavy atom. The average Bonchev–Trinajstić information content (AvgIpc) is 2.75. The van der Waals surface area contributed by atoms with E-state index in [2.05, 4.69) is 10.6 Å². The van der Waals surface area contributed by atoms with Crippen molar-refractivity contribution in [2.45, 2.75) is 18.4 Å². The highest BCUT2D eigenvalue weighted by atomic mass is 35.5. The van der Waals surface area contributed by atoms with E-state index in [0.29, 0.717) is 27.7 Å². The lowest BCUT2D eigenvalue weighted by Gasteiger charge is -2.19. The number of hydrogen-bond donors (Lipinski definition) is 2. The summed E-state index contributed by atoms with van der Waals surface area (Å²) in [7, 11) is 0. The number of rotatable bonds is 4. The van der Waals surface area contributed by atoms with Crippen molar-refractivity contribution in [2.75, 3.05) is 5.32 Å². The van der Waals surface area contributed by atoms with E-state index in [1.54, 1.807) is 24.3 Å². The van der Waals surface area contributed by atoms with Crippen molar-refractivity contribution >= 4 is 46.9 Å². The second-order valence-electron chi connectivity index (χ2n) is 7.00. The SMILES string of the molecule is Cc1ccc(CNC(=O)c2ccc3c(c2)NC(=O)C(=Cc2ccc(Cl)cc2)S3)cc1. The zero-order chi connectivity index (χ0) is 21.1. The molecule has 0 saturated carbocycles. The van der Waals surface area contributed by atoms with Gasteiger partial charge in [0.05, 0.1) is 10.6 Å². The lowest BCUT2D eigenvalue weighted by molar-refractivity contribution is -0.112. The standard InChI is InChI=1S/C24H19ClN2O2S/c1-15-2-4-17(5-3-15)14-26-23(28)18-8-11-21-20(13-18)27-24(29)22(30-21)12-16-6-9-19(25)10-7-16/h2-13H,14H2,1H3,(H,26,28)(H,27,29). The normalized spacial score (nSPS) is 14.2. The van der Waals surface area contributed by atoms with E-state index in [4.69, 9.17) is 11.6 Å². The monoisotopic (exact) mass is 434 g/mol. The first-order valence-electron chi connectivity index (χ1n) is 9.42. The number of hydrogen-bond acceptors (Lipinski definition) is 3. The Hall–Kier alpha value is -3.02. The van der Waals surface area contributed by atoms with Crippen molar-refractivity contribution in [3.05, 3.63) is 98.9 Å². The highest BCUT2D eigenvalue weighted by Crippen LogP contribution is 2.39. The minimum Gasteiger partial charge on any atom is -0.348 e. The van der Waals surface area contributed by atoms with E-state index in [0.717, 1.165) is 16.0 Å². The van der Waals surface area contributed by atoms with Crippen LogP contribution in [0.4, 0.5) is 5.69 Å². The van der Waals surface area contributed by atoms with E-state index in [9.17, 15) is 9.59 Å². The molecular formula is C24H19ClN2O2S. The summed E-state index contributed by atoms with van der Waals surface area (Å²) in [5.41, 5.74) is 4.26. The summed E-state index contributed by atoms with van der Waals surface area (Å²) in [6, 6.07) is 20.7. The molecular weight excluding hydrogens is 416 g/mol. The molecule has 1 aliphatic heterocycles. The number of fused-ring (bicyclic) bond motifs is 1. The Bertz CT molecular complexity index is 1140. The predicted molar refractivity (Wildman–Crippen MR) is 123 cm³/mol. The molecule has 1 heterocycles. The maximum Gasteiger partial charge on any atom is 0.262 e. The number of benzene rings is 3. The van der Waals surface area contributed by atoms with Gasteiger partial charge in [0.25, 0.3) is 11.8 Å². The second kappa shape index (κ2) is 8.78. The van der Waals surface area contributed by atoms with E-state index in [-0.39, 0.29) is 11.8 Å². The lowest BCUT2D eigenvalue weighted by atomic mass is 10.1. The van der Waals surface area contributed by atoms with Gasteiger partial charge in [-0.25, -0.2) is 0 Å². The summed E-state index contributed by atoms with van der Waals surface area (Å²) >= 11 is 7.30. The molecule has 0 radical (unpaired) electrons. The van der Waals surface area contributed by atoms with Crippen LogP contribution in [0.2, 0.25) is 5.02 Å². The van der Waals surface area contributed by atoms with Gasteiger partial charge in [-0.2, -0.15) is 0 Å². The lowest BCUT2D eigenvalue weighted by Crippen LogP contribution is -2.23. The van der Waals surface area contributed by atoms with Gasteiger partial charge in [0.1, 0.15) is 0 Å². The molecule has 2 N–H and O–H groups in total. The summed E-state index contributed by atoms with van der Waals surface area (Å²) in [6.45, 7) is 2.48. The number of carbonyl (C=O) groups excluding carboxylic acids is 2. The van der Waals surface area contributed by atoms with Gasteiger partial charge in [0.15, 0.2) is 0 Å². The van der Waals surface area contributed by atoms with Crippen LogP contribution in [0.25, 0.3) is 6.08 Å². The highest BCUT2D eigenvalue weighted by molar-refractivity contribution is 8.04. The van der Waals surface area contributed by atoms with Crippen molar-refractivity contribution in [2.24, 2.45) is 0 Å². The Labute approximate surface area is 184 Å². The summed E-state index contributed by atoms with van der Waals surface area (Å²) in [6.07, 6.45) is 1.82. The molecule has 6 heteroatoms. The number of thioether (sulfide) groups is 1. The number of anilines is 1. The third kappa shape index (κ3) is 4.75. The first kappa shape index (κ1) is 20.3. The van der Waals surface area contributed by atoms with Gasteiger partial charge in [-0.1, -0.05) is 65.3 Å². The van der Waals surface area contributed by atoms with Crippen LogP contribution >= 0.6 is 23.4 Å². The molecule has 0 aliphatic carbocycles. The van der Waals surface area contributed by atoms with E-state index in [1.165, 1.54) is 17.3 Å². The van der Waals surface area contributed by atoms with E-state index >= 15 is 0 Å². The number of carbonyl (C=O) groups is 2. The Kier molecular flexibility index (Phi) is 5.93. The molecule has 0 fully saturated rings. The molecule has 0 aromatic heterocycles. The second-order valence-corrected chi connectivity index (χ2v) is 8.52. The number of amides is 2. The molecule has 0 spiro atoms. The molecule has 2 amide bonds. The molecule has 1 aliphatic rings. The smallest absolute Gasteiger partial charge is 0.262 e. The fourth-order valence-electron chi connectivity index (χ4n) is 3.00. The summed E-state index contributed by atoms with van der Waals surface area (Å²) in [4.78, 5) is 26.5. The van der Waals surface area contributed by atoms with Gasteiger partial charge >= 0.3 is 0 Å². The summed E-state index contributed by atoms with van der Waals surface area (Å²) in [5.74, 6) is -0.375. The van der Waals surface area contributed by atoms with Gasteiger partial charge < -0.3 is 10.6 Å². The quantitative estimate of drug-likeness (QED) is 0.520. The van der Waals surface area contributed by atoms with Crippen molar-refractivity contribution in [1.82, 2.24) is 5.32 Å². The number of nitrogens with one attached hydrogen (secondary N) is 2. The maximum absolute atomic E-state index is 12.5. The molecule has 3 aromatic rings. The number of aryl methyl sites for hydroxylation is 1. The Morgan fingerprint density at radius 3 is 2.53 bits per heavy atom. The van der Waals surface area contributed by atoms with Crippen molar-refractivity contribution in [3.63, 3.8) is 0 Å². The molecule has 0 atom stereocenters. The molecule has 0 bridgehead atoms. The first-order valence-corrected chi connectivity index (χ1v) is 10.6. The Morgan fingerprint density at radius 2 is 1.80 bits per heavy atom. The fourth-order valence-corrected chi connectivity index (χ4v) is 4.06. The van der Waals surface area contributed by atoms with Gasteiger partial charge in [-0.15, -0.1) is 0 Å². The molecule has 0 unspecified atom stereocenters. The highest BCUT2D eigenvalue weighted by Gasteiger charge is 2.22. The Balaban J connectivity index is 1.47. The van der Waals surface area contributed by atoms with Crippen molar-refractivity contribution < 1.29 is 9.59 Å². The van der Waals surface area contributed by atoms with Gasteiger partial charge in [0.2, 0.25) is 0 Å². The minimum absolute atomic E-state index is 0.180. The van der Waals surface area contributed by atoms with Gasteiger partial charge in [0, 0.05) is 22.0 Å². The fraction of sp³-hybridized carbons (Fsp3) is 0.0833. The summed E-state index contributed by atoms with van der Waals surface area (Å²) in [5, 5.41) is 6.45. The van der Waals surface area contributed by atoms with Crippen molar-refractivity contribution in [1.29, 1.82) is 0 Å². The zero-order valence-corrected chi connectivity index (χ0v) is 17.8. The van der Waals surface area contributed by atoms with Gasteiger partial charge in [-0.3, -0.25) is 9.59 Å². The first-order chi connectivity index (χ1) is 14.5. The van der Waals surface area contributed by atoms with Crippen LogP contribution in [-0.2, 0) is 11.3 Å². The molecule has 0 saturated heterocycles. The topological polar surface area (TPSA) is 58.2 Å². The molecule has 3 aromatic carbocycles. The third-order valence-electron chi connectivity index (χ3n) is 4.68. The van der Waals surface area contributed by atoms with Crippen LogP contribution in [0.5, 0.6) is 0 Å². The maximum atomic E-state index is 12.5. The van der Waals surface area contributed by atoms with Crippen molar-refractivity contribution in [3.8, 4) is 0 Å². The largest absolute Gasteiger partial charge is 0.348 e. The molecule has 150 valence electrons. The van der Waals surface area contributed by atoms with Crippen LogP contribution in [0, 0.1) is 6.92 Å². The average molecular weight is 435 g/mol. The van der Waals surface area contributed by atoms with Crippen LogP contribution in [0.3, 0.4) is 0 Å². The number of halogens is 1. The van der Waals surface area contributed by atoms with Crippen LogP contribution < -0.4 is 10.6 Å². The van der Waals surface area contributed by atoms with Crippen LogP contribution in [-0.4, -0.2) is 11.8 Å². The predicted octanol–water partition coefficient (Wildman–Crippen LogP) is 5.66. The molecule has 4 nitrogen and oxygen atoms in total. The molecule has 30 heavy (non-hydrogen) atoms.